The number of carbonyl (C=O) groups excluding carboxylic acids is 1. The molecule has 1 fully saturated rings. The Bertz CT molecular complexity index is 898. The Kier molecular flexibility index (Phi) is 5.74. The number of aryl methyl sites for hydroxylation is 2. The number of nitrogens with zero attached hydrogens (tertiary/aromatic N) is 2. The van der Waals surface area contributed by atoms with Gasteiger partial charge >= 0.3 is 0 Å². The Morgan fingerprint density at radius 2 is 1.88 bits per heavy atom. The fourth-order valence-electron chi connectivity index (χ4n) is 2.64. The first-order chi connectivity index (χ1) is 12.6. The SMILES string of the molecule is CCN1C(=O)/C(=C\C=C\c2ccccc2)SC1=Nc1cc(C)ccc1C. The molecule has 2 aromatic carbocycles. The van der Waals surface area contributed by atoms with E-state index in [0.29, 0.717) is 11.4 Å². The number of hydrogen-bond donors (Lipinski definition) is 0. The van der Waals surface area contributed by atoms with E-state index in [0.717, 1.165) is 27.5 Å². The molecule has 132 valence electrons. The lowest BCUT2D eigenvalue weighted by Gasteiger charge is -2.12. The molecule has 0 radical (unpaired) electrons. The van der Waals surface area contributed by atoms with Crippen LogP contribution in [0.15, 0.2) is 70.6 Å². The molecule has 1 aliphatic rings. The van der Waals surface area contributed by atoms with Gasteiger partial charge in [0.2, 0.25) is 0 Å². The summed E-state index contributed by atoms with van der Waals surface area (Å²) in [5.74, 6) is 0.0132. The highest BCUT2D eigenvalue weighted by atomic mass is 32.2. The molecule has 4 heteroatoms. The minimum Gasteiger partial charge on any atom is -0.287 e. The first-order valence-corrected chi connectivity index (χ1v) is 9.49. The maximum atomic E-state index is 12.7. The molecule has 1 amide bonds. The summed E-state index contributed by atoms with van der Waals surface area (Å²) < 4.78 is 0. The summed E-state index contributed by atoms with van der Waals surface area (Å²) in [5.41, 5.74) is 4.29. The summed E-state index contributed by atoms with van der Waals surface area (Å²) in [6.07, 6.45) is 5.79. The van der Waals surface area contributed by atoms with E-state index in [1.54, 1.807) is 4.90 Å². The normalized spacial score (nSPS) is 17.8. The van der Waals surface area contributed by atoms with Crippen molar-refractivity contribution in [3.8, 4) is 0 Å². The van der Waals surface area contributed by atoms with Crippen LogP contribution in [-0.4, -0.2) is 22.5 Å². The van der Waals surface area contributed by atoms with Gasteiger partial charge < -0.3 is 0 Å². The van der Waals surface area contributed by atoms with Gasteiger partial charge in [0, 0.05) is 6.54 Å². The van der Waals surface area contributed by atoms with Crippen molar-refractivity contribution in [1.29, 1.82) is 0 Å². The molecule has 26 heavy (non-hydrogen) atoms. The van der Waals surface area contributed by atoms with Crippen molar-refractivity contribution in [2.24, 2.45) is 4.99 Å². The number of allylic oxidation sites excluding steroid dienone is 2. The molecule has 0 bridgehead atoms. The number of benzene rings is 2. The maximum absolute atomic E-state index is 12.7. The fraction of sp³-hybridized carbons (Fsp3) is 0.182. The second kappa shape index (κ2) is 8.19. The standard InChI is InChI=1S/C22H22N2OS/c1-4-24-21(25)20(12-8-11-18-9-6-5-7-10-18)26-22(24)23-19-15-16(2)13-14-17(19)3/h5-15H,4H2,1-3H3/b11-8+,20-12+,23-22?. The monoisotopic (exact) mass is 362 g/mol. The van der Waals surface area contributed by atoms with Crippen molar-refractivity contribution >= 4 is 34.6 Å². The van der Waals surface area contributed by atoms with Gasteiger partial charge in [-0.2, -0.15) is 0 Å². The van der Waals surface area contributed by atoms with Crippen LogP contribution in [0.2, 0.25) is 0 Å². The van der Waals surface area contributed by atoms with E-state index in [9.17, 15) is 4.79 Å². The van der Waals surface area contributed by atoms with Crippen LogP contribution in [0.5, 0.6) is 0 Å². The van der Waals surface area contributed by atoms with Gasteiger partial charge in [-0.3, -0.25) is 9.69 Å². The van der Waals surface area contributed by atoms with E-state index in [2.05, 4.69) is 18.2 Å². The number of amides is 1. The van der Waals surface area contributed by atoms with E-state index in [-0.39, 0.29) is 5.91 Å². The molecule has 0 aliphatic carbocycles. The van der Waals surface area contributed by atoms with Gasteiger partial charge in [0.1, 0.15) is 0 Å². The zero-order valence-electron chi connectivity index (χ0n) is 15.3. The molecule has 0 saturated carbocycles. The molecular formula is C22H22N2OS. The number of thioether (sulfide) groups is 1. The van der Waals surface area contributed by atoms with Gasteiger partial charge in [0.05, 0.1) is 10.6 Å². The van der Waals surface area contributed by atoms with Crippen molar-refractivity contribution < 1.29 is 4.79 Å². The van der Waals surface area contributed by atoms with E-state index >= 15 is 0 Å². The Hall–Kier alpha value is -2.59. The van der Waals surface area contributed by atoms with Crippen LogP contribution in [-0.2, 0) is 4.79 Å². The minimum absolute atomic E-state index is 0.0132. The van der Waals surface area contributed by atoms with E-state index in [4.69, 9.17) is 4.99 Å². The topological polar surface area (TPSA) is 32.7 Å². The third-order valence-electron chi connectivity index (χ3n) is 4.12. The smallest absolute Gasteiger partial charge is 0.266 e. The average Bonchev–Trinajstić information content (AvgIpc) is 2.94. The van der Waals surface area contributed by atoms with Crippen LogP contribution in [0.25, 0.3) is 6.08 Å². The Labute approximate surface area is 159 Å². The number of carbonyl (C=O) groups is 1. The largest absolute Gasteiger partial charge is 0.287 e. The summed E-state index contributed by atoms with van der Waals surface area (Å²) >= 11 is 1.43. The lowest BCUT2D eigenvalue weighted by Crippen LogP contribution is -2.28. The van der Waals surface area contributed by atoms with Gasteiger partial charge in [0.15, 0.2) is 5.17 Å². The molecule has 0 unspecified atom stereocenters. The van der Waals surface area contributed by atoms with Gasteiger partial charge in [-0.05, 0) is 61.4 Å². The predicted octanol–water partition coefficient (Wildman–Crippen LogP) is 5.48. The van der Waals surface area contributed by atoms with Crippen LogP contribution >= 0.6 is 11.8 Å². The first kappa shape index (κ1) is 18.2. The van der Waals surface area contributed by atoms with Crippen molar-refractivity contribution in [1.82, 2.24) is 4.90 Å². The molecule has 3 rings (SSSR count). The Morgan fingerprint density at radius 3 is 2.62 bits per heavy atom. The zero-order chi connectivity index (χ0) is 18.5. The quantitative estimate of drug-likeness (QED) is 0.674. The van der Waals surface area contributed by atoms with Gasteiger partial charge in [0.25, 0.3) is 5.91 Å². The summed E-state index contributed by atoms with van der Waals surface area (Å²) in [4.78, 5) is 19.8. The van der Waals surface area contributed by atoms with Crippen LogP contribution in [0, 0.1) is 13.8 Å². The average molecular weight is 362 g/mol. The molecule has 0 aromatic heterocycles. The fourth-order valence-corrected chi connectivity index (χ4v) is 3.65. The number of likely N-dealkylation sites (N-methyl/N-ethyl adjacent to an activating group) is 1. The first-order valence-electron chi connectivity index (χ1n) is 8.67. The molecule has 0 atom stereocenters. The van der Waals surface area contributed by atoms with Crippen molar-refractivity contribution in [3.63, 3.8) is 0 Å². The molecule has 1 saturated heterocycles. The van der Waals surface area contributed by atoms with E-state index < -0.39 is 0 Å². The van der Waals surface area contributed by atoms with Crippen LogP contribution in [0.4, 0.5) is 5.69 Å². The highest BCUT2D eigenvalue weighted by molar-refractivity contribution is 8.18. The second-order valence-electron chi connectivity index (χ2n) is 6.14. The number of rotatable bonds is 4. The second-order valence-corrected chi connectivity index (χ2v) is 7.15. The number of aliphatic imine (C=N–C) groups is 1. The van der Waals surface area contributed by atoms with Crippen LogP contribution in [0.3, 0.4) is 0 Å². The molecular weight excluding hydrogens is 340 g/mol. The Balaban J connectivity index is 1.86. The third-order valence-corrected chi connectivity index (χ3v) is 5.15. The number of hydrogen-bond acceptors (Lipinski definition) is 3. The van der Waals surface area contributed by atoms with Crippen molar-refractivity contribution in [2.75, 3.05) is 6.54 Å². The maximum Gasteiger partial charge on any atom is 0.266 e. The van der Waals surface area contributed by atoms with E-state index in [1.807, 2.05) is 69.3 Å². The zero-order valence-corrected chi connectivity index (χ0v) is 16.1. The molecule has 0 N–H and O–H groups in total. The molecule has 0 spiro atoms. The summed E-state index contributed by atoms with van der Waals surface area (Å²) in [6, 6.07) is 16.2. The Morgan fingerprint density at radius 1 is 1.12 bits per heavy atom. The highest BCUT2D eigenvalue weighted by Gasteiger charge is 2.31. The predicted molar refractivity (Wildman–Crippen MR) is 112 cm³/mol. The van der Waals surface area contributed by atoms with Gasteiger partial charge in [-0.15, -0.1) is 0 Å². The van der Waals surface area contributed by atoms with Crippen molar-refractivity contribution in [2.45, 2.75) is 20.8 Å². The highest BCUT2D eigenvalue weighted by Crippen LogP contribution is 2.33. The molecule has 1 heterocycles. The van der Waals surface area contributed by atoms with Gasteiger partial charge in [-0.1, -0.05) is 54.6 Å². The number of amidine groups is 1. The lowest BCUT2D eigenvalue weighted by molar-refractivity contribution is -0.122. The minimum atomic E-state index is 0.0132. The molecule has 1 aliphatic heterocycles. The van der Waals surface area contributed by atoms with E-state index in [1.165, 1.54) is 11.8 Å². The lowest BCUT2D eigenvalue weighted by atomic mass is 10.1. The van der Waals surface area contributed by atoms with Gasteiger partial charge in [-0.25, -0.2) is 4.99 Å². The van der Waals surface area contributed by atoms with Crippen molar-refractivity contribution in [3.05, 3.63) is 82.3 Å². The third kappa shape index (κ3) is 4.14. The molecule has 2 aromatic rings. The summed E-state index contributed by atoms with van der Waals surface area (Å²) in [5, 5.41) is 0.741. The van der Waals surface area contributed by atoms with Crippen LogP contribution in [0.1, 0.15) is 23.6 Å². The summed E-state index contributed by atoms with van der Waals surface area (Å²) in [7, 11) is 0. The van der Waals surface area contributed by atoms with Crippen LogP contribution < -0.4 is 0 Å². The summed E-state index contributed by atoms with van der Waals surface area (Å²) in [6.45, 7) is 6.67. The molecule has 3 nitrogen and oxygen atoms in total.